The molecule has 0 aromatic heterocycles. The maximum Gasteiger partial charge on any atom is 0.408 e. The molecule has 0 saturated heterocycles. The summed E-state index contributed by atoms with van der Waals surface area (Å²) in [5.74, 6) is -1.05. The number of amides is 3. The average Bonchev–Trinajstić information content (AvgIpc) is 2.66. The van der Waals surface area contributed by atoms with Crippen LogP contribution < -0.4 is 10.6 Å². The number of carbonyl (C=O) groups excluding carboxylic acids is 3. The number of hydrogen-bond acceptors (Lipinski definition) is 6. The van der Waals surface area contributed by atoms with Crippen LogP contribution in [0.15, 0.2) is 18.2 Å². The predicted molar refractivity (Wildman–Crippen MR) is 126 cm³/mol. The molecule has 8 nitrogen and oxygen atoms in total. The van der Waals surface area contributed by atoms with Gasteiger partial charge in [0.05, 0.1) is 6.07 Å². The molecular formula is C23H34N4O4S. The van der Waals surface area contributed by atoms with Crippen LogP contribution in [-0.2, 0) is 14.3 Å². The number of nitrogens with one attached hydrogen (secondary N) is 2. The lowest BCUT2D eigenvalue weighted by atomic mass is 9.98. The Morgan fingerprint density at radius 2 is 1.78 bits per heavy atom. The normalized spacial score (nSPS) is 13.0. The molecule has 0 heterocycles. The van der Waals surface area contributed by atoms with Gasteiger partial charge in [0.2, 0.25) is 11.8 Å². The summed E-state index contributed by atoms with van der Waals surface area (Å²) in [6.45, 7) is 12.3. The molecule has 2 unspecified atom stereocenters. The topological polar surface area (TPSA) is 112 Å². The number of aryl methyl sites for hydroxylation is 2. The minimum atomic E-state index is -1.08. The summed E-state index contributed by atoms with van der Waals surface area (Å²) < 4.78 is 5.23. The Morgan fingerprint density at radius 1 is 1.16 bits per heavy atom. The number of ether oxygens (including phenoxy) is 1. The number of rotatable bonds is 8. The number of alkyl carbamates (subject to hydrolysis) is 1. The van der Waals surface area contributed by atoms with E-state index in [9.17, 15) is 19.6 Å². The zero-order chi connectivity index (χ0) is 24.6. The van der Waals surface area contributed by atoms with E-state index < -0.39 is 35.6 Å². The van der Waals surface area contributed by atoms with Gasteiger partial charge in [0, 0.05) is 11.8 Å². The minimum Gasteiger partial charge on any atom is -0.444 e. The van der Waals surface area contributed by atoms with E-state index in [0.29, 0.717) is 5.56 Å². The molecule has 2 atom stereocenters. The van der Waals surface area contributed by atoms with Gasteiger partial charge >= 0.3 is 6.09 Å². The van der Waals surface area contributed by atoms with Crippen molar-refractivity contribution in [3.05, 3.63) is 34.9 Å². The van der Waals surface area contributed by atoms with Crippen molar-refractivity contribution in [3.8, 4) is 6.07 Å². The summed E-state index contributed by atoms with van der Waals surface area (Å²) in [5, 5.41) is 14.7. The van der Waals surface area contributed by atoms with Crippen LogP contribution in [0.1, 0.15) is 57.4 Å². The predicted octanol–water partition coefficient (Wildman–Crippen LogP) is 3.04. The summed E-state index contributed by atoms with van der Waals surface area (Å²) in [5.41, 5.74) is 1.81. The van der Waals surface area contributed by atoms with Crippen molar-refractivity contribution < 1.29 is 19.1 Å². The number of hydrogen-bond donors (Lipinski definition) is 3. The van der Waals surface area contributed by atoms with E-state index in [1.807, 2.05) is 45.9 Å². The van der Waals surface area contributed by atoms with Crippen molar-refractivity contribution in [1.82, 2.24) is 15.5 Å². The average molecular weight is 463 g/mol. The molecule has 1 rings (SSSR count). The molecule has 0 saturated carbocycles. The van der Waals surface area contributed by atoms with Crippen LogP contribution in [-0.4, -0.2) is 52.8 Å². The largest absolute Gasteiger partial charge is 0.444 e. The Kier molecular flexibility index (Phi) is 10.0. The van der Waals surface area contributed by atoms with E-state index >= 15 is 0 Å². The molecule has 0 spiro atoms. The summed E-state index contributed by atoms with van der Waals surface area (Å²) >= 11 is 4.20. The molecule has 32 heavy (non-hydrogen) atoms. The number of nitrogens with zero attached hydrogens (tertiary/aromatic N) is 2. The molecule has 9 heteroatoms. The fourth-order valence-electron chi connectivity index (χ4n) is 2.98. The van der Waals surface area contributed by atoms with Crippen LogP contribution >= 0.6 is 12.6 Å². The maximum atomic E-state index is 13.4. The first-order valence-corrected chi connectivity index (χ1v) is 11.1. The first-order chi connectivity index (χ1) is 14.8. The van der Waals surface area contributed by atoms with Gasteiger partial charge in [-0.1, -0.05) is 18.2 Å². The quantitative estimate of drug-likeness (QED) is 0.406. The molecule has 0 aliphatic rings. The van der Waals surface area contributed by atoms with Gasteiger partial charge in [0.25, 0.3) is 0 Å². The smallest absolute Gasteiger partial charge is 0.408 e. The number of carbonyl (C=O) groups is 3. The van der Waals surface area contributed by atoms with E-state index in [2.05, 4.69) is 23.3 Å². The summed E-state index contributed by atoms with van der Waals surface area (Å²) in [7, 11) is 0. The second-order valence-electron chi connectivity index (χ2n) is 8.92. The van der Waals surface area contributed by atoms with Crippen LogP contribution in [0, 0.1) is 25.2 Å². The molecule has 3 amide bonds. The SMILES string of the molecule is Cc1ccc(C(C(=O)NC(C)C)N(CC#N)C(=O)C(CS)NC(=O)OC(C)(C)C)cc1C. The van der Waals surface area contributed by atoms with Gasteiger partial charge < -0.3 is 20.3 Å². The first kappa shape index (κ1) is 27.3. The standard InChI is InChI=1S/C23H34N4O4S/c1-14(2)25-20(28)19(17-9-8-15(3)16(4)12-17)27(11-10-24)21(29)18(13-32)26-22(30)31-23(5,6)7/h8-9,12,14,18-19,32H,11,13H2,1-7H3,(H,25,28)(H,26,30). The van der Waals surface area contributed by atoms with E-state index in [1.165, 1.54) is 4.90 Å². The van der Waals surface area contributed by atoms with E-state index in [-0.39, 0.29) is 18.3 Å². The molecular weight excluding hydrogens is 428 g/mol. The van der Waals surface area contributed by atoms with Crippen molar-refractivity contribution in [3.63, 3.8) is 0 Å². The van der Waals surface area contributed by atoms with Crippen molar-refractivity contribution in [1.29, 1.82) is 5.26 Å². The molecule has 1 aromatic rings. The Hall–Kier alpha value is -2.73. The van der Waals surface area contributed by atoms with Gasteiger partial charge in [0.15, 0.2) is 0 Å². The first-order valence-electron chi connectivity index (χ1n) is 10.5. The Bertz CT molecular complexity index is 874. The molecule has 1 aromatic carbocycles. The zero-order valence-corrected chi connectivity index (χ0v) is 20.7. The Balaban J connectivity index is 3.37. The Labute approximate surface area is 196 Å². The summed E-state index contributed by atoms with van der Waals surface area (Å²) in [4.78, 5) is 39.9. The molecule has 2 N–H and O–H groups in total. The number of benzene rings is 1. The van der Waals surface area contributed by atoms with E-state index in [1.54, 1.807) is 26.8 Å². The highest BCUT2D eigenvalue weighted by Gasteiger charge is 2.36. The minimum absolute atomic E-state index is 0.0363. The van der Waals surface area contributed by atoms with Gasteiger partial charge in [-0.25, -0.2) is 4.79 Å². The Morgan fingerprint density at radius 3 is 2.25 bits per heavy atom. The zero-order valence-electron chi connectivity index (χ0n) is 19.9. The van der Waals surface area contributed by atoms with Gasteiger partial charge in [-0.05, 0) is 65.2 Å². The van der Waals surface area contributed by atoms with Gasteiger partial charge in [-0.2, -0.15) is 17.9 Å². The van der Waals surface area contributed by atoms with Gasteiger partial charge in [0.1, 0.15) is 24.2 Å². The lowest BCUT2D eigenvalue weighted by molar-refractivity contribution is -0.141. The van der Waals surface area contributed by atoms with Gasteiger partial charge in [-0.15, -0.1) is 0 Å². The summed E-state index contributed by atoms with van der Waals surface area (Å²) in [6.07, 6.45) is -0.781. The van der Waals surface area contributed by atoms with Crippen LogP contribution in [0.3, 0.4) is 0 Å². The third-order valence-electron chi connectivity index (χ3n) is 4.53. The second kappa shape index (κ2) is 11.8. The number of thiol groups is 1. The molecule has 176 valence electrons. The van der Waals surface area contributed by atoms with Crippen molar-refractivity contribution >= 4 is 30.5 Å². The summed E-state index contributed by atoms with van der Waals surface area (Å²) in [6, 6.07) is 5.12. The van der Waals surface area contributed by atoms with Crippen LogP contribution in [0.25, 0.3) is 0 Å². The van der Waals surface area contributed by atoms with Crippen LogP contribution in [0.2, 0.25) is 0 Å². The second-order valence-corrected chi connectivity index (χ2v) is 9.28. The third kappa shape index (κ3) is 8.08. The third-order valence-corrected chi connectivity index (χ3v) is 4.90. The fourth-order valence-corrected chi connectivity index (χ4v) is 3.23. The molecule has 0 aliphatic heterocycles. The highest BCUT2D eigenvalue weighted by molar-refractivity contribution is 7.80. The maximum absolute atomic E-state index is 13.4. The molecule has 0 aliphatic carbocycles. The molecule has 0 bridgehead atoms. The molecule has 0 fully saturated rings. The van der Waals surface area contributed by atoms with E-state index in [4.69, 9.17) is 4.74 Å². The van der Waals surface area contributed by atoms with Crippen molar-refractivity contribution in [2.75, 3.05) is 12.3 Å². The monoisotopic (exact) mass is 462 g/mol. The highest BCUT2D eigenvalue weighted by Crippen LogP contribution is 2.25. The number of nitriles is 1. The van der Waals surface area contributed by atoms with Crippen LogP contribution in [0.4, 0.5) is 4.79 Å². The van der Waals surface area contributed by atoms with Gasteiger partial charge in [-0.3, -0.25) is 9.59 Å². The fraction of sp³-hybridized carbons (Fsp3) is 0.565. The van der Waals surface area contributed by atoms with Crippen molar-refractivity contribution in [2.45, 2.75) is 72.2 Å². The van der Waals surface area contributed by atoms with Crippen LogP contribution in [0.5, 0.6) is 0 Å². The highest BCUT2D eigenvalue weighted by atomic mass is 32.1. The van der Waals surface area contributed by atoms with E-state index in [0.717, 1.165) is 11.1 Å². The van der Waals surface area contributed by atoms with Crippen molar-refractivity contribution in [2.24, 2.45) is 0 Å². The lowest BCUT2D eigenvalue weighted by Crippen LogP contribution is -2.54. The lowest BCUT2D eigenvalue weighted by Gasteiger charge is -2.33. The molecule has 0 radical (unpaired) electrons.